The van der Waals surface area contributed by atoms with Gasteiger partial charge < -0.3 is 15.3 Å². The maximum atomic E-state index is 15.2. The lowest BCUT2D eigenvalue weighted by atomic mass is 9.85. The van der Waals surface area contributed by atoms with Gasteiger partial charge in [0.2, 0.25) is 5.95 Å². The van der Waals surface area contributed by atoms with Crippen molar-refractivity contribution in [2.45, 2.75) is 25.8 Å². The highest BCUT2D eigenvalue weighted by molar-refractivity contribution is 6.34. The standard InChI is InChI=1S/C29H26ClF2N5O2/c1-15(19-4-2-3-5-23(19)31)36-27-21-8-20(24(32)9-25(21)33-12-22(27)30)18-10-34-29(35-11-18)37-13-16-6-7-17(14-37)26(16)28(38)39/h2-5,8-12,15-17,26H,6-7,13-14H2,1H3,(H,33,36)(H,38,39)/t15?,16-,17+,26+. The van der Waals surface area contributed by atoms with Crippen molar-refractivity contribution in [2.24, 2.45) is 17.8 Å². The number of nitrogens with zero attached hydrogens (tertiary/aromatic N) is 4. The highest BCUT2D eigenvalue weighted by Crippen LogP contribution is 2.43. The van der Waals surface area contributed by atoms with E-state index in [1.807, 2.05) is 11.8 Å². The number of hydrogen-bond donors (Lipinski definition) is 2. The first kappa shape index (κ1) is 25.4. The summed E-state index contributed by atoms with van der Waals surface area (Å²) < 4.78 is 29.6. The lowest BCUT2D eigenvalue weighted by Gasteiger charge is -2.35. The number of aliphatic carboxylic acids is 1. The fraction of sp³-hybridized carbons (Fsp3) is 0.310. The van der Waals surface area contributed by atoms with Gasteiger partial charge in [-0.3, -0.25) is 9.78 Å². The van der Waals surface area contributed by atoms with Gasteiger partial charge in [-0.1, -0.05) is 29.8 Å². The second kappa shape index (κ2) is 10.0. The maximum Gasteiger partial charge on any atom is 0.307 e. The van der Waals surface area contributed by atoms with Crippen molar-refractivity contribution < 1.29 is 18.7 Å². The number of carboxylic acid groups (broad SMARTS) is 1. The summed E-state index contributed by atoms with van der Waals surface area (Å²) in [5.41, 5.74) is 2.16. The zero-order valence-electron chi connectivity index (χ0n) is 21.1. The van der Waals surface area contributed by atoms with Crippen LogP contribution >= 0.6 is 11.6 Å². The molecule has 3 heterocycles. The highest BCUT2D eigenvalue weighted by atomic mass is 35.5. The fourth-order valence-electron chi connectivity index (χ4n) is 6.09. The third-order valence-electron chi connectivity index (χ3n) is 7.99. The summed E-state index contributed by atoms with van der Waals surface area (Å²) in [7, 11) is 0. The van der Waals surface area contributed by atoms with Crippen LogP contribution in [0.2, 0.25) is 5.02 Å². The molecular weight excluding hydrogens is 524 g/mol. The first-order valence-electron chi connectivity index (χ1n) is 12.9. The van der Waals surface area contributed by atoms with Crippen molar-refractivity contribution in [1.82, 2.24) is 15.0 Å². The van der Waals surface area contributed by atoms with Gasteiger partial charge in [-0.2, -0.15) is 0 Å². The summed E-state index contributed by atoms with van der Waals surface area (Å²) in [5.74, 6) is -1.19. The summed E-state index contributed by atoms with van der Waals surface area (Å²) in [6.45, 7) is 3.01. The van der Waals surface area contributed by atoms with Crippen molar-refractivity contribution in [3.05, 3.63) is 77.2 Å². The van der Waals surface area contributed by atoms with E-state index in [4.69, 9.17) is 11.6 Å². The number of nitrogens with one attached hydrogen (secondary N) is 1. The maximum absolute atomic E-state index is 15.2. The van der Waals surface area contributed by atoms with E-state index in [0.29, 0.717) is 51.8 Å². The van der Waals surface area contributed by atoms with Gasteiger partial charge in [-0.25, -0.2) is 18.7 Å². The molecular formula is C29H26ClF2N5O2. The van der Waals surface area contributed by atoms with Gasteiger partial charge >= 0.3 is 5.97 Å². The van der Waals surface area contributed by atoms with Crippen molar-refractivity contribution in [2.75, 3.05) is 23.3 Å². The molecule has 39 heavy (non-hydrogen) atoms. The minimum absolute atomic E-state index is 0.0809. The van der Waals surface area contributed by atoms with E-state index >= 15 is 4.39 Å². The molecule has 2 aromatic heterocycles. The molecule has 2 aliphatic rings. The molecule has 1 saturated carbocycles. The van der Waals surface area contributed by atoms with E-state index in [9.17, 15) is 14.3 Å². The number of halogens is 3. The topological polar surface area (TPSA) is 91.2 Å². The number of carboxylic acids is 1. The fourth-order valence-corrected chi connectivity index (χ4v) is 6.30. The molecule has 4 aromatic rings. The number of pyridine rings is 1. The molecule has 1 aliphatic heterocycles. The molecule has 7 nitrogen and oxygen atoms in total. The molecule has 0 amide bonds. The van der Waals surface area contributed by atoms with Crippen LogP contribution in [0.5, 0.6) is 0 Å². The van der Waals surface area contributed by atoms with Gasteiger partial charge in [-0.05, 0) is 43.7 Å². The second-order valence-corrected chi connectivity index (χ2v) is 10.8. The van der Waals surface area contributed by atoms with Crippen LogP contribution < -0.4 is 10.2 Å². The number of carbonyl (C=O) groups is 1. The Balaban J connectivity index is 1.30. The summed E-state index contributed by atoms with van der Waals surface area (Å²) in [6.07, 6.45) is 6.37. The molecule has 0 radical (unpaired) electrons. The van der Waals surface area contributed by atoms with E-state index in [1.165, 1.54) is 18.3 Å². The van der Waals surface area contributed by atoms with Crippen LogP contribution in [-0.4, -0.2) is 39.1 Å². The van der Waals surface area contributed by atoms with Gasteiger partial charge in [0.05, 0.1) is 28.2 Å². The predicted octanol–water partition coefficient (Wildman–Crippen LogP) is 6.34. The third-order valence-corrected chi connectivity index (χ3v) is 8.28. The van der Waals surface area contributed by atoms with Gasteiger partial charge in [-0.15, -0.1) is 0 Å². The molecule has 10 heteroatoms. The molecule has 2 fully saturated rings. The summed E-state index contributed by atoms with van der Waals surface area (Å²) in [4.78, 5) is 27.0. The lowest BCUT2D eigenvalue weighted by molar-refractivity contribution is -0.144. The molecule has 2 aromatic carbocycles. The number of rotatable bonds is 6. The Bertz CT molecular complexity index is 1550. The zero-order valence-corrected chi connectivity index (χ0v) is 21.9. The van der Waals surface area contributed by atoms with Crippen LogP contribution in [0.3, 0.4) is 0 Å². The number of piperidine rings is 1. The quantitative estimate of drug-likeness (QED) is 0.290. The molecule has 200 valence electrons. The molecule has 0 spiro atoms. The van der Waals surface area contributed by atoms with Gasteiger partial charge in [0, 0.05) is 59.8 Å². The Morgan fingerprint density at radius 2 is 1.74 bits per heavy atom. The summed E-state index contributed by atoms with van der Waals surface area (Å²) in [5, 5.41) is 13.8. The van der Waals surface area contributed by atoms with Crippen LogP contribution in [0, 0.1) is 29.4 Å². The van der Waals surface area contributed by atoms with Crippen LogP contribution in [-0.2, 0) is 4.79 Å². The highest BCUT2D eigenvalue weighted by Gasteiger charge is 2.46. The third kappa shape index (κ3) is 4.65. The van der Waals surface area contributed by atoms with Crippen molar-refractivity contribution in [3.63, 3.8) is 0 Å². The van der Waals surface area contributed by atoms with Crippen LogP contribution in [0.4, 0.5) is 20.4 Å². The molecule has 1 saturated heterocycles. The van der Waals surface area contributed by atoms with E-state index < -0.39 is 17.8 Å². The minimum Gasteiger partial charge on any atom is -0.481 e. The number of fused-ring (bicyclic) bond motifs is 3. The molecule has 4 atom stereocenters. The molecule has 1 unspecified atom stereocenters. The van der Waals surface area contributed by atoms with Gasteiger partial charge in [0.1, 0.15) is 11.6 Å². The zero-order chi connectivity index (χ0) is 27.3. The smallest absolute Gasteiger partial charge is 0.307 e. The Morgan fingerprint density at radius 1 is 1.05 bits per heavy atom. The average Bonchev–Trinajstić information content (AvgIpc) is 3.20. The monoisotopic (exact) mass is 549 g/mol. The predicted molar refractivity (Wildman–Crippen MR) is 146 cm³/mol. The SMILES string of the molecule is CC(Nc1c(Cl)cnc2cc(F)c(-c3cnc(N4C[C@H]5CC[C@@H](C4)[C@H]5C(=O)O)nc3)cc12)c1ccccc1F. The van der Waals surface area contributed by atoms with E-state index in [1.54, 1.807) is 36.7 Å². The number of hydrogen-bond acceptors (Lipinski definition) is 6. The average molecular weight is 550 g/mol. The second-order valence-electron chi connectivity index (χ2n) is 10.4. The van der Waals surface area contributed by atoms with E-state index in [0.717, 1.165) is 12.8 Å². The van der Waals surface area contributed by atoms with Crippen LogP contribution in [0.15, 0.2) is 55.0 Å². The van der Waals surface area contributed by atoms with E-state index in [2.05, 4.69) is 20.3 Å². The van der Waals surface area contributed by atoms with Crippen LogP contribution in [0.25, 0.3) is 22.0 Å². The first-order chi connectivity index (χ1) is 18.8. The molecule has 6 rings (SSSR count). The number of anilines is 2. The minimum atomic E-state index is -0.725. The van der Waals surface area contributed by atoms with Crippen LogP contribution in [0.1, 0.15) is 31.4 Å². The summed E-state index contributed by atoms with van der Waals surface area (Å²) in [6, 6.07) is 9.06. The van der Waals surface area contributed by atoms with E-state index in [-0.39, 0.29) is 29.1 Å². The summed E-state index contributed by atoms with van der Waals surface area (Å²) >= 11 is 6.50. The Morgan fingerprint density at radius 3 is 2.41 bits per heavy atom. The van der Waals surface area contributed by atoms with Crippen molar-refractivity contribution in [3.8, 4) is 11.1 Å². The van der Waals surface area contributed by atoms with Gasteiger partial charge in [0.15, 0.2) is 0 Å². The molecule has 1 aliphatic carbocycles. The van der Waals surface area contributed by atoms with Crippen molar-refractivity contribution in [1.29, 1.82) is 0 Å². The largest absolute Gasteiger partial charge is 0.481 e. The lowest BCUT2D eigenvalue weighted by Crippen LogP contribution is -2.45. The number of benzene rings is 2. The van der Waals surface area contributed by atoms with Gasteiger partial charge in [0.25, 0.3) is 0 Å². The Kier molecular flexibility index (Phi) is 6.54. The first-order valence-corrected chi connectivity index (χ1v) is 13.3. The number of aromatic nitrogens is 3. The Hall–Kier alpha value is -3.85. The normalized spacial score (nSPS) is 21.2. The molecule has 2 N–H and O–H groups in total. The van der Waals surface area contributed by atoms with Crippen molar-refractivity contribution >= 4 is 40.1 Å². The molecule has 2 bridgehead atoms. The Labute approximate surface area is 228 Å².